The molecule has 6 nitrogen and oxygen atoms in total. The van der Waals surface area contributed by atoms with Crippen molar-refractivity contribution in [2.24, 2.45) is 0 Å². The Bertz CT molecular complexity index is 759. The molecule has 0 spiro atoms. The summed E-state index contributed by atoms with van der Waals surface area (Å²) < 4.78 is 16.0. The van der Waals surface area contributed by atoms with E-state index < -0.39 is 6.04 Å². The van der Waals surface area contributed by atoms with Crippen LogP contribution in [0, 0.1) is 0 Å². The maximum absolute atomic E-state index is 12.4. The van der Waals surface area contributed by atoms with Crippen molar-refractivity contribution < 1.29 is 23.8 Å². The summed E-state index contributed by atoms with van der Waals surface area (Å²) in [5.74, 6) is 1.02. The molecule has 29 heavy (non-hydrogen) atoms. The summed E-state index contributed by atoms with van der Waals surface area (Å²) in [6.07, 6.45) is 0.773. The molecule has 0 bridgehead atoms. The molecule has 0 aromatic heterocycles. The molecule has 1 amide bonds. The number of carbonyl (C=O) groups excluding carboxylic acids is 2. The van der Waals surface area contributed by atoms with Gasteiger partial charge >= 0.3 is 5.97 Å². The van der Waals surface area contributed by atoms with E-state index in [-0.39, 0.29) is 24.4 Å². The zero-order valence-electron chi connectivity index (χ0n) is 17.2. The van der Waals surface area contributed by atoms with E-state index in [1.54, 1.807) is 21.0 Å². The third-order valence-corrected chi connectivity index (χ3v) is 4.15. The third kappa shape index (κ3) is 8.25. The number of carbonyl (C=O) groups is 2. The first kappa shape index (κ1) is 22.3. The highest BCUT2D eigenvalue weighted by atomic mass is 16.5. The standard InChI is InChI=1S/C23H29NO5/c1-17(2)29-23(26)16-21(18-8-5-4-6-9-18)24-22(25)10-7-15-28-20-13-11-19(27-3)12-14-20/h4-6,8-9,11-14,17,21H,7,10,15-16H2,1-3H3,(H,24,25). The molecule has 0 aliphatic carbocycles. The Balaban J connectivity index is 1.82. The number of rotatable bonds is 11. The van der Waals surface area contributed by atoms with Crippen molar-refractivity contribution in [2.45, 2.75) is 45.3 Å². The van der Waals surface area contributed by atoms with Crippen LogP contribution in [-0.2, 0) is 14.3 Å². The second kappa shape index (κ2) is 11.7. The van der Waals surface area contributed by atoms with Crippen molar-refractivity contribution in [2.75, 3.05) is 13.7 Å². The number of nitrogens with one attached hydrogen (secondary N) is 1. The Morgan fingerprint density at radius 2 is 1.62 bits per heavy atom. The molecule has 0 heterocycles. The fraction of sp³-hybridized carbons (Fsp3) is 0.391. The van der Waals surface area contributed by atoms with Gasteiger partial charge in [0.05, 0.1) is 32.3 Å². The lowest BCUT2D eigenvalue weighted by Gasteiger charge is -2.19. The molecular formula is C23H29NO5. The van der Waals surface area contributed by atoms with Gasteiger partial charge < -0.3 is 19.5 Å². The lowest BCUT2D eigenvalue weighted by molar-refractivity contribution is -0.148. The normalized spacial score (nSPS) is 11.6. The second-order valence-corrected chi connectivity index (χ2v) is 6.90. The molecule has 6 heteroatoms. The summed E-state index contributed by atoms with van der Waals surface area (Å²) in [4.78, 5) is 24.5. The predicted molar refractivity (Wildman–Crippen MR) is 111 cm³/mol. The van der Waals surface area contributed by atoms with Gasteiger partial charge in [0.15, 0.2) is 0 Å². The summed E-state index contributed by atoms with van der Waals surface area (Å²) in [5, 5.41) is 2.94. The Kier molecular flexibility index (Phi) is 9.02. The van der Waals surface area contributed by atoms with Gasteiger partial charge in [-0.1, -0.05) is 30.3 Å². The van der Waals surface area contributed by atoms with E-state index in [1.165, 1.54) is 0 Å². The molecular weight excluding hydrogens is 370 g/mol. The maximum Gasteiger partial charge on any atom is 0.308 e. The molecule has 2 aromatic rings. The molecule has 0 aliphatic heterocycles. The highest BCUT2D eigenvalue weighted by molar-refractivity contribution is 5.78. The Morgan fingerprint density at radius 1 is 0.966 bits per heavy atom. The number of ether oxygens (including phenoxy) is 3. The van der Waals surface area contributed by atoms with E-state index >= 15 is 0 Å². The van der Waals surface area contributed by atoms with Crippen LogP contribution in [-0.4, -0.2) is 31.7 Å². The number of hydrogen-bond donors (Lipinski definition) is 1. The third-order valence-electron chi connectivity index (χ3n) is 4.15. The minimum Gasteiger partial charge on any atom is -0.497 e. The molecule has 156 valence electrons. The molecule has 1 atom stereocenters. The van der Waals surface area contributed by atoms with Gasteiger partial charge in [-0.05, 0) is 50.1 Å². The van der Waals surface area contributed by atoms with Gasteiger partial charge in [-0.15, -0.1) is 0 Å². The van der Waals surface area contributed by atoms with E-state index in [2.05, 4.69) is 5.32 Å². The topological polar surface area (TPSA) is 73.9 Å². The van der Waals surface area contributed by atoms with Crippen LogP contribution < -0.4 is 14.8 Å². The lowest BCUT2D eigenvalue weighted by atomic mass is 10.0. The van der Waals surface area contributed by atoms with Crippen LogP contribution in [0.1, 0.15) is 44.7 Å². The van der Waals surface area contributed by atoms with Crippen LogP contribution in [0.2, 0.25) is 0 Å². The summed E-state index contributed by atoms with van der Waals surface area (Å²) in [5.41, 5.74) is 0.871. The molecule has 0 fully saturated rings. The van der Waals surface area contributed by atoms with Crippen LogP contribution in [0.4, 0.5) is 0 Å². The number of amides is 1. The first-order chi connectivity index (χ1) is 14.0. The van der Waals surface area contributed by atoms with Gasteiger partial charge in [-0.2, -0.15) is 0 Å². The Hall–Kier alpha value is -3.02. The summed E-state index contributed by atoms with van der Waals surface area (Å²) in [6, 6.07) is 16.3. The lowest BCUT2D eigenvalue weighted by Crippen LogP contribution is -2.31. The summed E-state index contributed by atoms with van der Waals surface area (Å²) in [6.45, 7) is 4.03. The number of benzene rings is 2. The molecule has 1 N–H and O–H groups in total. The van der Waals surface area contributed by atoms with Gasteiger partial charge in [0.1, 0.15) is 11.5 Å². The Morgan fingerprint density at radius 3 is 2.24 bits per heavy atom. The largest absolute Gasteiger partial charge is 0.497 e. The first-order valence-electron chi connectivity index (χ1n) is 9.78. The van der Waals surface area contributed by atoms with Crippen molar-refractivity contribution >= 4 is 11.9 Å². The molecule has 1 unspecified atom stereocenters. The molecule has 2 aromatic carbocycles. The Labute approximate surface area is 172 Å². The number of methoxy groups -OCH3 is 1. The number of hydrogen-bond acceptors (Lipinski definition) is 5. The second-order valence-electron chi connectivity index (χ2n) is 6.90. The van der Waals surface area contributed by atoms with Crippen LogP contribution in [0.25, 0.3) is 0 Å². The average molecular weight is 399 g/mol. The summed E-state index contributed by atoms with van der Waals surface area (Å²) in [7, 11) is 1.61. The molecule has 0 saturated heterocycles. The van der Waals surface area contributed by atoms with Gasteiger partial charge in [-0.25, -0.2) is 0 Å². The summed E-state index contributed by atoms with van der Waals surface area (Å²) >= 11 is 0. The highest BCUT2D eigenvalue weighted by Gasteiger charge is 2.19. The van der Waals surface area contributed by atoms with Gasteiger partial charge in [-0.3, -0.25) is 9.59 Å². The minimum atomic E-state index is -0.419. The first-order valence-corrected chi connectivity index (χ1v) is 9.78. The number of esters is 1. The zero-order valence-corrected chi connectivity index (χ0v) is 17.2. The van der Waals surface area contributed by atoms with Crippen LogP contribution in [0.15, 0.2) is 54.6 Å². The van der Waals surface area contributed by atoms with Crippen LogP contribution >= 0.6 is 0 Å². The fourth-order valence-corrected chi connectivity index (χ4v) is 2.78. The van der Waals surface area contributed by atoms with Crippen molar-refractivity contribution in [3.8, 4) is 11.5 Å². The van der Waals surface area contributed by atoms with E-state index in [0.717, 1.165) is 17.1 Å². The van der Waals surface area contributed by atoms with E-state index in [1.807, 2.05) is 54.6 Å². The minimum absolute atomic E-state index is 0.0935. The quantitative estimate of drug-likeness (QED) is 0.456. The molecule has 2 rings (SSSR count). The SMILES string of the molecule is COc1ccc(OCCCC(=O)NC(CC(=O)OC(C)C)c2ccccc2)cc1. The highest BCUT2D eigenvalue weighted by Crippen LogP contribution is 2.19. The maximum atomic E-state index is 12.4. The van der Waals surface area contributed by atoms with Crippen molar-refractivity contribution in [3.05, 3.63) is 60.2 Å². The van der Waals surface area contributed by atoms with Gasteiger partial charge in [0.2, 0.25) is 5.91 Å². The molecule has 0 radical (unpaired) electrons. The monoisotopic (exact) mass is 399 g/mol. The van der Waals surface area contributed by atoms with Crippen LogP contribution in [0.5, 0.6) is 11.5 Å². The van der Waals surface area contributed by atoms with E-state index in [4.69, 9.17) is 14.2 Å². The predicted octanol–water partition coefficient (Wildman–Crippen LogP) is 4.05. The van der Waals surface area contributed by atoms with Gasteiger partial charge in [0.25, 0.3) is 0 Å². The van der Waals surface area contributed by atoms with E-state index in [0.29, 0.717) is 19.4 Å². The van der Waals surface area contributed by atoms with Crippen molar-refractivity contribution in [3.63, 3.8) is 0 Å². The van der Waals surface area contributed by atoms with Crippen molar-refractivity contribution in [1.82, 2.24) is 5.32 Å². The van der Waals surface area contributed by atoms with Gasteiger partial charge in [0, 0.05) is 6.42 Å². The molecule has 0 aliphatic rings. The van der Waals surface area contributed by atoms with Crippen LogP contribution in [0.3, 0.4) is 0 Å². The average Bonchev–Trinajstić information content (AvgIpc) is 2.71. The molecule has 0 saturated carbocycles. The zero-order chi connectivity index (χ0) is 21.1. The van der Waals surface area contributed by atoms with E-state index in [9.17, 15) is 9.59 Å². The van der Waals surface area contributed by atoms with Crippen molar-refractivity contribution in [1.29, 1.82) is 0 Å². The fourth-order valence-electron chi connectivity index (χ4n) is 2.78. The smallest absolute Gasteiger partial charge is 0.308 e.